The molecule has 0 saturated heterocycles. The van der Waals surface area contributed by atoms with Gasteiger partial charge in [0.2, 0.25) is 0 Å². The van der Waals surface area contributed by atoms with Gasteiger partial charge in [-0.25, -0.2) is 0 Å². The Morgan fingerprint density at radius 1 is 0.500 bits per heavy atom. The Hall–Kier alpha value is 2.01. The summed E-state index contributed by atoms with van der Waals surface area (Å²) in [7, 11) is 0. The molecule has 6 heavy (non-hydrogen) atoms. The molecule has 0 saturated carbocycles. The van der Waals surface area contributed by atoms with Crippen molar-refractivity contribution in [2.75, 3.05) is 0 Å². The van der Waals surface area contributed by atoms with E-state index in [-0.39, 0.29) is 87.0 Å². The van der Waals surface area contributed by atoms with Gasteiger partial charge in [-0.05, 0) is 0 Å². The fraction of sp³-hybridized carbons (Fsp3) is 0. The molecule has 0 fully saturated rings. The van der Waals surface area contributed by atoms with Gasteiger partial charge in [0.15, 0.2) is 0 Å². The normalized spacial score (nSPS) is 0. The fourth-order valence-corrected chi connectivity index (χ4v) is 0. The van der Waals surface area contributed by atoms with E-state index in [1.54, 1.807) is 0 Å². The molecule has 0 spiro atoms. The maximum Gasteiger partial charge on any atom is 3.00 e. The van der Waals surface area contributed by atoms with Crippen LogP contribution in [-0.2, 0) is 0 Å². The van der Waals surface area contributed by atoms with Gasteiger partial charge in [-0.15, -0.1) is 0 Å². The van der Waals surface area contributed by atoms with Crippen LogP contribution in [0.15, 0.2) is 0 Å². The number of hydrogen-bond acceptors (Lipinski definition) is 0. The zero-order chi connectivity index (χ0) is 0. The molecule has 0 aromatic heterocycles. The van der Waals surface area contributed by atoms with Crippen LogP contribution >= 0.6 is 0 Å². The molecule has 0 nitrogen and oxygen atoms in total. The van der Waals surface area contributed by atoms with E-state index in [0.717, 1.165) is 0 Å². The smallest absolute Gasteiger partial charge is 1.00 e. The van der Waals surface area contributed by atoms with Crippen molar-refractivity contribution in [3.05, 3.63) is 0 Å². The molecule has 0 amide bonds. The van der Waals surface area contributed by atoms with Gasteiger partial charge < -0.3 is 18.8 Å². The second-order valence-electron chi connectivity index (χ2n) is 0. The van der Waals surface area contributed by atoms with Gasteiger partial charge in [0.1, 0.15) is 0 Å². The van der Waals surface area contributed by atoms with Crippen molar-refractivity contribution in [1.29, 1.82) is 0 Å². The second-order valence-corrected chi connectivity index (χ2v) is 0. The van der Waals surface area contributed by atoms with Gasteiger partial charge in [-0.3, -0.25) is 0 Å². The van der Waals surface area contributed by atoms with E-state index < -0.39 is 0 Å². The zero-order valence-corrected chi connectivity index (χ0v) is 6.98. The average molecular weight is 258 g/mol. The molecule has 0 heterocycles. The van der Waals surface area contributed by atoms with Gasteiger partial charge in [-0.2, -0.15) is 0 Å². The van der Waals surface area contributed by atoms with Crippen LogP contribution in [0, 0.1) is 38.6 Å². The maximum absolute atomic E-state index is 0. The molecule has 0 unspecified atom stereocenters. The summed E-state index contributed by atoms with van der Waals surface area (Å²) in [6, 6.07) is 0. The molecule has 0 aliphatic heterocycles. The average Bonchev–Trinajstić information content (AvgIpc) is 0. The fourth-order valence-electron chi connectivity index (χ4n) is 0. The molecular weight excluding hydrogens is 258 g/mol. The van der Waals surface area contributed by atoms with E-state index in [4.69, 9.17) is 0 Å². The predicted octanol–water partition coefficient (Wildman–Crippen LogP) is -15.0. The van der Waals surface area contributed by atoms with E-state index in [1.807, 2.05) is 0 Å². The number of hydrogen-bond donors (Lipinski definition) is 0. The first-order chi connectivity index (χ1) is 0. The Kier molecular flexibility index (Phi) is 1020. The summed E-state index contributed by atoms with van der Waals surface area (Å²) in [6.07, 6.45) is 0. The van der Waals surface area contributed by atoms with Gasteiger partial charge in [0.05, 0.1) is 0 Å². The van der Waals surface area contributed by atoms with Crippen molar-refractivity contribution in [2.45, 2.75) is 0 Å². The third kappa shape index (κ3) is 37.4. The van der Waals surface area contributed by atoms with Crippen LogP contribution < -0.4 is 48.4 Å². The standard InChI is InChI=1S/4FH.Na.Tb/h4*1H;;/q;;;;+1;+3/p-4. The summed E-state index contributed by atoms with van der Waals surface area (Å²) in [5.41, 5.74) is 0. The topological polar surface area (TPSA) is 0 Å². The molecular formula is F4NaTb. The van der Waals surface area contributed by atoms with Gasteiger partial charge in [0.25, 0.3) is 0 Å². The van der Waals surface area contributed by atoms with Crippen LogP contribution in [-0.4, -0.2) is 0 Å². The molecule has 0 N–H and O–H groups in total. The molecule has 0 aliphatic carbocycles. The summed E-state index contributed by atoms with van der Waals surface area (Å²) >= 11 is 0. The first kappa shape index (κ1) is 97.7. The Morgan fingerprint density at radius 2 is 0.500 bits per heavy atom. The van der Waals surface area contributed by atoms with Crippen molar-refractivity contribution in [1.82, 2.24) is 0 Å². The third-order valence-electron chi connectivity index (χ3n) is 0. The summed E-state index contributed by atoms with van der Waals surface area (Å²) < 4.78 is 0. The minimum absolute atomic E-state index is 0. The first-order valence-corrected chi connectivity index (χ1v) is 0. The summed E-state index contributed by atoms with van der Waals surface area (Å²) in [4.78, 5) is 0. The van der Waals surface area contributed by atoms with E-state index in [0.29, 0.717) is 0 Å². The molecule has 0 aromatic rings. The molecule has 0 bridgehead atoms. The summed E-state index contributed by atoms with van der Waals surface area (Å²) in [5, 5.41) is 0. The van der Waals surface area contributed by atoms with Crippen LogP contribution in [0.2, 0.25) is 0 Å². The molecule has 0 radical (unpaired) electrons. The largest absolute Gasteiger partial charge is 3.00 e. The Labute approximate surface area is 85.6 Å². The van der Waals surface area contributed by atoms with E-state index in [2.05, 4.69) is 0 Å². The monoisotopic (exact) mass is 258 g/mol. The van der Waals surface area contributed by atoms with Crippen LogP contribution in [0.5, 0.6) is 0 Å². The van der Waals surface area contributed by atoms with Gasteiger partial charge in [0, 0.05) is 0 Å². The van der Waals surface area contributed by atoms with Crippen molar-refractivity contribution in [2.24, 2.45) is 0 Å². The van der Waals surface area contributed by atoms with Crippen LogP contribution in [0.4, 0.5) is 0 Å². The van der Waals surface area contributed by atoms with Crippen LogP contribution in [0.1, 0.15) is 0 Å². The Bertz CT molecular complexity index is 7.51. The van der Waals surface area contributed by atoms with E-state index in [1.165, 1.54) is 0 Å². The number of rotatable bonds is 0. The quantitative estimate of drug-likeness (QED) is 0.299. The molecule has 0 aliphatic rings. The SMILES string of the molecule is [F-].[F-].[F-].[F-].[Na+].[Tb+3]. The minimum Gasteiger partial charge on any atom is -1.00 e. The van der Waals surface area contributed by atoms with Crippen LogP contribution in [0.25, 0.3) is 0 Å². The predicted molar refractivity (Wildman–Crippen MR) is 0 cm³/mol. The molecule has 0 atom stereocenters. The molecule has 6 heteroatoms. The first-order valence-electron chi connectivity index (χ1n) is 0. The second kappa shape index (κ2) is 62.8. The van der Waals surface area contributed by atoms with Crippen LogP contribution in [0.3, 0.4) is 0 Å². The minimum atomic E-state index is 0. The molecule has 38 valence electrons. The Morgan fingerprint density at radius 3 is 0.500 bits per heavy atom. The zero-order valence-electron chi connectivity index (χ0n) is 2.85. The Balaban J connectivity index is 0. The summed E-state index contributed by atoms with van der Waals surface area (Å²) in [6.45, 7) is 0. The van der Waals surface area contributed by atoms with E-state index >= 15 is 0 Å². The van der Waals surface area contributed by atoms with Crippen molar-refractivity contribution < 1.29 is 87.0 Å². The van der Waals surface area contributed by atoms with Gasteiger partial charge >= 0.3 is 68.2 Å². The van der Waals surface area contributed by atoms with Crippen molar-refractivity contribution in [3.8, 4) is 0 Å². The summed E-state index contributed by atoms with van der Waals surface area (Å²) in [5.74, 6) is 0. The molecule has 0 aromatic carbocycles. The van der Waals surface area contributed by atoms with Crippen molar-refractivity contribution in [3.63, 3.8) is 0 Å². The number of halogens is 4. The maximum atomic E-state index is 0. The van der Waals surface area contributed by atoms with Crippen molar-refractivity contribution >= 4 is 0 Å². The molecule has 0 rings (SSSR count). The van der Waals surface area contributed by atoms with E-state index in [9.17, 15) is 0 Å². The van der Waals surface area contributed by atoms with Gasteiger partial charge in [-0.1, -0.05) is 0 Å². The third-order valence-corrected chi connectivity index (χ3v) is 0.